The molecule has 28 nitrogen and oxygen atoms in total. The molecule has 53 heavy (non-hydrogen) atoms. The lowest BCUT2D eigenvalue weighted by molar-refractivity contribution is -0.123. The van der Waals surface area contributed by atoms with Gasteiger partial charge in [-0.2, -0.15) is 13.6 Å². The van der Waals surface area contributed by atoms with Crippen molar-refractivity contribution < 1.29 is 75.0 Å². The maximum absolute atomic E-state index is 12.7. The van der Waals surface area contributed by atoms with E-state index >= 15 is 0 Å². The van der Waals surface area contributed by atoms with Crippen LogP contribution in [0.1, 0.15) is 38.0 Å². The van der Waals surface area contributed by atoms with Gasteiger partial charge in [-0.1, -0.05) is 22.1 Å². The number of nitrogens with one attached hydrogen (secondary N) is 2. The van der Waals surface area contributed by atoms with E-state index in [1.54, 1.807) is 0 Å². The monoisotopic (exact) mass is 815 g/mol. The molecule has 2 heterocycles. The number of rotatable bonds is 20. The number of ether oxygens (including phenoxy) is 3. The number of nitrogens with zero attached hydrogens (tertiary/aromatic N) is 8. The third-order valence-electron chi connectivity index (χ3n) is 6.11. The van der Waals surface area contributed by atoms with Crippen LogP contribution in [0.25, 0.3) is 20.9 Å². The minimum Gasteiger partial charge on any atom is -0.449 e. The third kappa shape index (κ3) is 16.9. The summed E-state index contributed by atoms with van der Waals surface area (Å²) in [5.74, 6) is 3.92. The van der Waals surface area contributed by atoms with Crippen molar-refractivity contribution >= 4 is 47.1 Å². The first-order valence-electron chi connectivity index (χ1n) is 14.4. The lowest BCUT2D eigenvalue weighted by Crippen LogP contribution is -2.38. The van der Waals surface area contributed by atoms with Crippen LogP contribution in [0.4, 0.5) is 10.6 Å². The van der Waals surface area contributed by atoms with E-state index in [4.69, 9.17) is 40.8 Å². The Morgan fingerprint density at radius 2 is 1.89 bits per heavy atom. The Morgan fingerprint density at radius 1 is 1.17 bits per heavy atom. The molecule has 31 heteroatoms. The van der Waals surface area contributed by atoms with Crippen molar-refractivity contribution in [2.45, 2.75) is 50.7 Å². The summed E-state index contributed by atoms with van der Waals surface area (Å²) in [6.45, 7) is -1.04. The first-order valence-corrected chi connectivity index (χ1v) is 18.9. The molecule has 0 radical (unpaired) electrons. The number of ketones is 1. The van der Waals surface area contributed by atoms with Gasteiger partial charge in [-0.15, -0.1) is 0 Å². The lowest BCUT2D eigenvalue weighted by atomic mass is 10.2. The van der Waals surface area contributed by atoms with E-state index in [-0.39, 0.29) is 43.1 Å². The summed E-state index contributed by atoms with van der Waals surface area (Å²) in [7, 11) is -17.0. The van der Waals surface area contributed by atoms with Gasteiger partial charge in [-0.05, 0) is 24.4 Å². The van der Waals surface area contributed by atoms with E-state index in [0.717, 1.165) is 10.8 Å². The van der Waals surface area contributed by atoms with Crippen molar-refractivity contribution in [3.05, 3.63) is 43.1 Å². The van der Waals surface area contributed by atoms with Gasteiger partial charge >= 0.3 is 35.3 Å². The SMILES string of the molecule is CC(=O)CCCNC(=O)C(COC(=O)NCC#Cc1cn([C@H]2C[C@@H](OCN=[N+]=[N-])[C@@H](COP(=O)(O)OP(=O)(O)OP(=O)(O)O)O2)c(=O)nc1N)N=[N+]=[N-]. The molecule has 0 spiro atoms. The summed E-state index contributed by atoms with van der Waals surface area (Å²) >= 11 is 0. The highest BCUT2D eigenvalue weighted by Gasteiger charge is 2.43. The van der Waals surface area contributed by atoms with E-state index in [2.05, 4.69) is 60.7 Å². The smallest absolute Gasteiger partial charge is 0.449 e. The molecular weight excluding hydrogens is 783 g/mol. The number of nitrogens with two attached hydrogens (primary N) is 1. The van der Waals surface area contributed by atoms with E-state index in [1.165, 1.54) is 6.92 Å². The third-order valence-corrected chi connectivity index (χ3v) is 9.92. The minimum atomic E-state index is -5.82. The van der Waals surface area contributed by atoms with E-state index in [1.807, 2.05) is 0 Å². The molecule has 1 aromatic heterocycles. The Bertz CT molecular complexity index is 1870. The molecule has 8 N–H and O–H groups in total. The summed E-state index contributed by atoms with van der Waals surface area (Å²) in [6, 6.07) is -1.40. The molecule has 0 saturated carbocycles. The van der Waals surface area contributed by atoms with E-state index in [9.17, 15) is 42.7 Å². The van der Waals surface area contributed by atoms with Crippen molar-refractivity contribution in [1.29, 1.82) is 0 Å². The maximum atomic E-state index is 12.7. The highest BCUT2D eigenvalue weighted by Crippen LogP contribution is 2.66. The first-order chi connectivity index (χ1) is 24.8. The zero-order valence-electron chi connectivity index (χ0n) is 27.1. The standard InChI is InChI=1S/C22H32N11O17P3/c1-13(34)4-2-6-26-20(35)15(30-32-25)10-45-22(37)27-7-3-5-14-9-33(21(36)29-19(14)23)18-8-16(46-12-28-31-24)17(48-18)11-47-52(41,42)50-53(43,44)49-51(38,39)40/h9,15-18H,2,4,6-8,10-12H2,1H3,(H,26,35)(H,27,37)(H,41,42)(H,43,44)(H2,23,29,36)(H2,38,39,40)/t15?,16-,17-,18-/m1/s1. The number of alkyl carbamates (subject to hydrolysis) is 1. The quantitative estimate of drug-likeness (QED) is 0.0233. The number of nitrogen functional groups attached to an aromatic ring is 1. The Morgan fingerprint density at radius 3 is 2.53 bits per heavy atom. The number of phosphoric ester groups is 1. The van der Waals surface area contributed by atoms with Crippen LogP contribution in [0.3, 0.4) is 0 Å². The number of phosphoric acid groups is 3. The molecule has 1 aliphatic heterocycles. The largest absolute Gasteiger partial charge is 0.490 e. The van der Waals surface area contributed by atoms with Gasteiger partial charge in [-0.25, -0.2) is 23.3 Å². The molecule has 1 aromatic rings. The minimum absolute atomic E-state index is 0.0588. The predicted molar refractivity (Wildman–Crippen MR) is 172 cm³/mol. The fourth-order valence-electron chi connectivity index (χ4n) is 3.96. The van der Waals surface area contributed by atoms with Crippen molar-refractivity contribution in [1.82, 2.24) is 20.2 Å². The fraction of sp³-hybridized carbons (Fsp3) is 0.591. The van der Waals surface area contributed by atoms with Gasteiger partial charge in [0.05, 0.1) is 24.8 Å². The molecule has 1 aliphatic rings. The maximum Gasteiger partial charge on any atom is 0.490 e. The van der Waals surface area contributed by atoms with Gasteiger partial charge in [0, 0.05) is 35.4 Å². The highest BCUT2D eigenvalue weighted by atomic mass is 31.3. The Balaban J connectivity index is 2.08. The predicted octanol–water partition coefficient (Wildman–Crippen LogP) is 0.351. The second kappa shape index (κ2) is 20.7. The van der Waals surface area contributed by atoms with Gasteiger partial charge in [0.1, 0.15) is 37.3 Å². The number of carbonyl (C=O) groups excluding carboxylic acids is 3. The lowest BCUT2D eigenvalue weighted by Gasteiger charge is -2.21. The van der Waals surface area contributed by atoms with Crippen LogP contribution in [0.15, 0.2) is 21.2 Å². The zero-order chi connectivity index (χ0) is 39.8. The summed E-state index contributed by atoms with van der Waals surface area (Å²) in [4.78, 5) is 93.2. The molecule has 6 atom stereocenters. The van der Waals surface area contributed by atoms with Crippen LogP contribution in [0.5, 0.6) is 0 Å². The van der Waals surface area contributed by atoms with Crippen LogP contribution in [0, 0.1) is 11.8 Å². The molecule has 0 aliphatic carbocycles. The average molecular weight is 815 g/mol. The van der Waals surface area contributed by atoms with Gasteiger partial charge in [-0.3, -0.25) is 13.9 Å². The van der Waals surface area contributed by atoms with Gasteiger partial charge in [0.25, 0.3) is 0 Å². The topological polar surface area (TPSA) is 421 Å². The molecular formula is C22H32N11O17P3. The van der Waals surface area contributed by atoms with E-state index in [0.29, 0.717) is 6.42 Å². The second-order valence-electron chi connectivity index (χ2n) is 10.1. The normalized spacial score (nSPS) is 19.5. The number of hydrogen-bond donors (Lipinski definition) is 7. The van der Waals surface area contributed by atoms with Crippen molar-refractivity contribution in [3.8, 4) is 11.8 Å². The van der Waals surface area contributed by atoms with Crippen LogP contribution in [0.2, 0.25) is 0 Å². The van der Waals surface area contributed by atoms with E-state index < -0.39 is 85.6 Å². The molecule has 0 aromatic carbocycles. The molecule has 2 amide bonds. The number of amides is 2. The average Bonchev–Trinajstić information content (AvgIpc) is 3.44. The Kier molecular flexibility index (Phi) is 17.5. The van der Waals surface area contributed by atoms with Crippen LogP contribution < -0.4 is 22.1 Å². The number of Topliss-reactive ketones (excluding diaryl/α,β-unsaturated/α-hetero) is 1. The molecule has 3 unspecified atom stereocenters. The molecule has 2 rings (SSSR count). The van der Waals surface area contributed by atoms with Gasteiger partial charge < -0.3 is 54.9 Å². The second-order valence-corrected chi connectivity index (χ2v) is 14.5. The molecule has 292 valence electrons. The molecule has 0 bridgehead atoms. The van der Waals surface area contributed by atoms with Crippen LogP contribution in [-0.2, 0) is 50.6 Å². The Hall–Kier alpha value is -4.40. The number of anilines is 1. The summed E-state index contributed by atoms with van der Waals surface area (Å²) in [6.07, 6.45) is -3.40. The number of aromatic nitrogens is 2. The zero-order valence-corrected chi connectivity index (χ0v) is 29.8. The van der Waals surface area contributed by atoms with Crippen molar-refractivity contribution in [2.24, 2.45) is 10.2 Å². The van der Waals surface area contributed by atoms with Gasteiger partial charge in [0.2, 0.25) is 5.91 Å². The van der Waals surface area contributed by atoms with Crippen molar-refractivity contribution in [2.75, 3.05) is 38.8 Å². The highest BCUT2D eigenvalue weighted by molar-refractivity contribution is 7.66. The summed E-state index contributed by atoms with van der Waals surface area (Å²) in [5.41, 5.74) is 22.0. The number of carbonyl (C=O) groups is 3. The van der Waals surface area contributed by atoms with Crippen LogP contribution >= 0.6 is 23.5 Å². The van der Waals surface area contributed by atoms with Crippen LogP contribution in [-0.4, -0.2) is 98.2 Å². The van der Waals surface area contributed by atoms with Gasteiger partial charge in [0.15, 0.2) is 6.04 Å². The summed E-state index contributed by atoms with van der Waals surface area (Å²) in [5, 5.41) is 11.2. The Labute approximate surface area is 297 Å². The number of hydrogen-bond acceptors (Lipinski definition) is 17. The molecule has 1 saturated heterocycles. The fourth-order valence-corrected chi connectivity index (χ4v) is 6.99. The summed E-state index contributed by atoms with van der Waals surface area (Å²) < 4.78 is 63.4. The molecule has 1 fully saturated rings. The first kappa shape index (κ1) is 44.8. The number of azide groups is 2. The van der Waals surface area contributed by atoms with Crippen molar-refractivity contribution in [3.63, 3.8) is 0 Å².